The van der Waals surface area contributed by atoms with E-state index in [1.807, 2.05) is 32.9 Å². The summed E-state index contributed by atoms with van der Waals surface area (Å²) < 4.78 is 5.32. The highest BCUT2D eigenvalue weighted by Gasteiger charge is 2.17. The van der Waals surface area contributed by atoms with E-state index in [4.69, 9.17) is 10.5 Å². The molecule has 1 aromatic carbocycles. The van der Waals surface area contributed by atoms with Gasteiger partial charge in [-0.25, -0.2) is 4.79 Å². The zero-order valence-corrected chi connectivity index (χ0v) is 12.4. The fourth-order valence-corrected chi connectivity index (χ4v) is 1.79. The molecule has 0 radical (unpaired) electrons. The summed E-state index contributed by atoms with van der Waals surface area (Å²) in [6.45, 7) is 7.73. The van der Waals surface area contributed by atoms with Gasteiger partial charge in [0.2, 0.25) is 0 Å². The van der Waals surface area contributed by atoms with Crippen molar-refractivity contribution < 1.29 is 9.53 Å². The molecule has 0 saturated heterocycles. The van der Waals surface area contributed by atoms with Gasteiger partial charge in [0, 0.05) is 6.04 Å². The molecule has 3 heteroatoms. The van der Waals surface area contributed by atoms with Crippen molar-refractivity contribution in [2.24, 2.45) is 5.73 Å². The third kappa shape index (κ3) is 5.43. The van der Waals surface area contributed by atoms with Crippen molar-refractivity contribution in [3.05, 3.63) is 35.4 Å². The van der Waals surface area contributed by atoms with Crippen LogP contribution in [-0.2, 0) is 4.74 Å². The van der Waals surface area contributed by atoms with E-state index >= 15 is 0 Å². The summed E-state index contributed by atoms with van der Waals surface area (Å²) in [4.78, 5) is 11.9. The fraction of sp³-hybridized carbons (Fsp3) is 0.562. The van der Waals surface area contributed by atoms with Gasteiger partial charge < -0.3 is 10.5 Å². The molecule has 1 unspecified atom stereocenters. The van der Waals surface area contributed by atoms with Gasteiger partial charge in [0.15, 0.2) is 0 Å². The lowest BCUT2D eigenvalue weighted by atomic mass is 10.0. The number of rotatable bonds is 5. The van der Waals surface area contributed by atoms with E-state index in [2.05, 4.69) is 6.92 Å². The summed E-state index contributed by atoms with van der Waals surface area (Å²) in [6, 6.07) is 7.46. The molecule has 0 aromatic heterocycles. The Morgan fingerprint density at radius 2 is 1.84 bits per heavy atom. The van der Waals surface area contributed by atoms with Gasteiger partial charge in [-0.15, -0.1) is 0 Å². The lowest BCUT2D eigenvalue weighted by Gasteiger charge is -2.19. The molecule has 0 amide bonds. The summed E-state index contributed by atoms with van der Waals surface area (Å²) >= 11 is 0. The van der Waals surface area contributed by atoms with Crippen molar-refractivity contribution in [1.29, 1.82) is 0 Å². The highest BCUT2D eigenvalue weighted by Crippen LogP contribution is 2.18. The number of esters is 1. The minimum atomic E-state index is -0.465. The van der Waals surface area contributed by atoms with Crippen LogP contribution in [0.4, 0.5) is 0 Å². The number of nitrogens with two attached hydrogens (primary N) is 1. The maximum absolute atomic E-state index is 11.9. The molecule has 1 aromatic rings. The first-order chi connectivity index (χ1) is 8.83. The molecular formula is C16H25NO2. The van der Waals surface area contributed by atoms with Crippen molar-refractivity contribution in [3.63, 3.8) is 0 Å². The number of carbonyl (C=O) groups excluding carboxylic acids is 1. The Morgan fingerprint density at radius 3 is 2.32 bits per heavy atom. The van der Waals surface area contributed by atoms with Crippen molar-refractivity contribution >= 4 is 5.97 Å². The maximum atomic E-state index is 11.9. The second-order valence-corrected chi connectivity index (χ2v) is 5.87. The van der Waals surface area contributed by atoms with E-state index in [9.17, 15) is 4.79 Å². The molecule has 0 spiro atoms. The monoisotopic (exact) mass is 263 g/mol. The highest BCUT2D eigenvalue weighted by molar-refractivity contribution is 5.89. The van der Waals surface area contributed by atoms with E-state index in [0.717, 1.165) is 24.8 Å². The quantitative estimate of drug-likeness (QED) is 0.821. The van der Waals surface area contributed by atoms with Crippen molar-refractivity contribution in [1.82, 2.24) is 0 Å². The van der Waals surface area contributed by atoms with E-state index in [0.29, 0.717) is 5.56 Å². The Kier molecular flexibility index (Phi) is 5.55. The Bertz CT molecular complexity index is 404. The topological polar surface area (TPSA) is 52.3 Å². The van der Waals surface area contributed by atoms with Crippen molar-refractivity contribution in [3.8, 4) is 0 Å². The van der Waals surface area contributed by atoms with Gasteiger partial charge in [-0.05, 0) is 44.9 Å². The number of ether oxygens (including phenoxy) is 1. The van der Waals surface area contributed by atoms with Crippen LogP contribution >= 0.6 is 0 Å². The molecule has 2 N–H and O–H groups in total. The van der Waals surface area contributed by atoms with Gasteiger partial charge in [0.05, 0.1) is 5.56 Å². The molecule has 0 fully saturated rings. The molecule has 19 heavy (non-hydrogen) atoms. The van der Waals surface area contributed by atoms with Crippen LogP contribution in [0, 0.1) is 0 Å². The van der Waals surface area contributed by atoms with Crippen LogP contribution in [0.25, 0.3) is 0 Å². The van der Waals surface area contributed by atoms with Gasteiger partial charge in [0.1, 0.15) is 5.60 Å². The number of unbranched alkanes of at least 4 members (excludes halogenated alkanes) is 1. The minimum absolute atomic E-state index is 0.0487. The largest absolute Gasteiger partial charge is 0.456 e. The van der Waals surface area contributed by atoms with Crippen LogP contribution in [-0.4, -0.2) is 11.6 Å². The molecule has 3 nitrogen and oxygen atoms in total. The number of carbonyl (C=O) groups is 1. The zero-order valence-electron chi connectivity index (χ0n) is 12.4. The smallest absolute Gasteiger partial charge is 0.338 e. The van der Waals surface area contributed by atoms with E-state index in [-0.39, 0.29) is 12.0 Å². The molecule has 0 saturated carbocycles. The Balaban J connectivity index is 2.68. The molecular weight excluding hydrogens is 238 g/mol. The molecule has 0 heterocycles. The van der Waals surface area contributed by atoms with Gasteiger partial charge in [-0.3, -0.25) is 0 Å². The first kappa shape index (κ1) is 15.7. The summed E-state index contributed by atoms with van der Waals surface area (Å²) in [5.41, 5.74) is 7.27. The summed E-state index contributed by atoms with van der Waals surface area (Å²) in [5, 5.41) is 0. The molecule has 0 aliphatic heterocycles. The Morgan fingerprint density at radius 1 is 1.26 bits per heavy atom. The molecule has 1 rings (SSSR count). The summed E-state index contributed by atoms with van der Waals surface area (Å²) in [7, 11) is 0. The van der Waals surface area contributed by atoms with Gasteiger partial charge in [0.25, 0.3) is 0 Å². The van der Waals surface area contributed by atoms with Crippen molar-refractivity contribution in [2.45, 2.75) is 58.6 Å². The lowest BCUT2D eigenvalue weighted by molar-refractivity contribution is 0.00695. The summed E-state index contributed by atoms with van der Waals surface area (Å²) in [6.07, 6.45) is 3.24. The van der Waals surface area contributed by atoms with E-state index in [1.165, 1.54) is 0 Å². The maximum Gasteiger partial charge on any atom is 0.338 e. The van der Waals surface area contributed by atoms with Crippen molar-refractivity contribution in [2.75, 3.05) is 0 Å². The molecule has 1 atom stereocenters. The highest BCUT2D eigenvalue weighted by atomic mass is 16.6. The van der Waals surface area contributed by atoms with E-state index in [1.54, 1.807) is 12.1 Å². The standard InChI is InChI=1S/C16H25NO2/c1-5-6-7-14(17)12-8-10-13(11-9-12)15(18)19-16(2,3)4/h8-11,14H,5-7,17H2,1-4H3. The van der Waals surface area contributed by atoms with Crippen LogP contribution in [0.2, 0.25) is 0 Å². The number of hydrogen-bond donors (Lipinski definition) is 1. The second-order valence-electron chi connectivity index (χ2n) is 5.87. The van der Waals surface area contributed by atoms with Crippen LogP contribution in [0.3, 0.4) is 0 Å². The molecule has 0 bridgehead atoms. The average Bonchev–Trinajstić information content (AvgIpc) is 2.34. The normalized spacial score (nSPS) is 13.1. The zero-order chi connectivity index (χ0) is 14.5. The van der Waals surface area contributed by atoms with Gasteiger partial charge in [-0.1, -0.05) is 31.9 Å². The molecule has 106 valence electrons. The third-order valence-corrected chi connectivity index (χ3v) is 2.84. The first-order valence-electron chi connectivity index (χ1n) is 6.92. The van der Waals surface area contributed by atoms with Gasteiger partial charge >= 0.3 is 5.97 Å². The predicted molar refractivity (Wildman–Crippen MR) is 78.1 cm³/mol. The average molecular weight is 263 g/mol. The Labute approximate surface area is 116 Å². The second kappa shape index (κ2) is 6.71. The van der Waals surface area contributed by atoms with Crippen LogP contribution in [0.5, 0.6) is 0 Å². The summed E-state index contributed by atoms with van der Waals surface area (Å²) in [5.74, 6) is -0.291. The number of benzene rings is 1. The van der Waals surface area contributed by atoms with Crippen LogP contribution in [0.15, 0.2) is 24.3 Å². The fourth-order valence-electron chi connectivity index (χ4n) is 1.79. The van der Waals surface area contributed by atoms with Crippen LogP contribution in [0.1, 0.15) is 68.9 Å². The predicted octanol–water partition coefficient (Wildman–Crippen LogP) is 3.83. The molecule has 0 aliphatic rings. The Hall–Kier alpha value is -1.35. The number of hydrogen-bond acceptors (Lipinski definition) is 3. The minimum Gasteiger partial charge on any atom is -0.456 e. The van der Waals surface area contributed by atoms with Crippen LogP contribution < -0.4 is 5.73 Å². The molecule has 0 aliphatic carbocycles. The first-order valence-corrected chi connectivity index (χ1v) is 6.92. The third-order valence-electron chi connectivity index (χ3n) is 2.84. The van der Waals surface area contributed by atoms with E-state index < -0.39 is 5.60 Å². The lowest BCUT2D eigenvalue weighted by Crippen LogP contribution is -2.23. The van der Waals surface area contributed by atoms with Gasteiger partial charge in [-0.2, -0.15) is 0 Å². The SMILES string of the molecule is CCCCC(N)c1ccc(C(=O)OC(C)(C)C)cc1.